The Morgan fingerprint density at radius 3 is 2.54 bits per heavy atom. The highest BCUT2D eigenvalue weighted by atomic mass is 32.2. The molecule has 2 heterocycles. The summed E-state index contributed by atoms with van der Waals surface area (Å²) in [6.07, 6.45) is 0.358. The number of carbonyl (C=O) groups is 1. The van der Waals surface area contributed by atoms with Crippen LogP contribution in [0.3, 0.4) is 0 Å². The molecule has 0 bridgehead atoms. The maximum Gasteiger partial charge on any atom is 0.332 e. The first-order chi connectivity index (χ1) is 13.2. The SMILES string of the molecule is CC[C@@H](Sc1nc(-c2cccc(C)c2)nc2c1c(=O)n(C)c(=O)n2C)C(=O)O. The van der Waals surface area contributed by atoms with Crippen LogP contribution in [0.15, 0.2) is 38.9 Å². The molecule has 0 aliphatic carbocycles. The van der Waals surface area contributed by atoms with E-state index >= 15 is 0 Å². The van der Waals surface area contributed by atoms with Crippen molar-refractivity contribution in [3.05, 3.63) is 50.7 Å². The fourth-order valence-corrected chi connectivity index (χ4v) is 3.84. The fourth-order valence-electron chi connectivity index (χ4n) is 2.87. The summed E-state index contributed by atoms with van der Waals surface area (Å²) in [5, 5.41) is 9.08. The second-order valence-electron chi connectivity index (χ2n) is 6.48. The highest BCUT2D eigenvalue weighted by Crippen LogP contribution is 2.30. The Morgan fingerprint density at radius 1 is 1.21 bits per heavy atom. The Labute approximate surface area is 164 Å². The zero-order valence-electron chi connectivity index (χ0n) is 16.0. The van der Waals surface area contributed by atoms with Gasteiger partial charge in [0.1, 0.15) is 15.7 Å². The van der Waals surface area contributed by atoms with Gasteiger partial charge in [-0.15, -0.1) is 0 Å². The normalized spacial score (nSPS) is 12.3. The van der Waals surface area contributed by atoms with Crippen LogP contribution in [0.4, 0.5) is 0 Å². The van der Waals surface area contributed by atoms with Gasteiger partial charge in [-0.25, -0.2) is 14.8 Å². The minimum Gasteiger partial charge on any atom is -0.480 e. The third-order valence-corrected chi connectivity index (χ3v) is 5.78. The van der Waals surface area contributed by atoms with E-state index in [0.717, 1.165) is 27.5 Å². The smallest absolute Gasteiger partial charge is 0.332 e. The van der Waals surface area contributed by atoms with E-state index in [-0.39, 0.29) is 16.1 Å². The third-order valence-electron chi connectivity index (χ3n) is 4.44. The summed E-state index contributed by atoms with van der Waals surface area (Å²) in [6.45, 7) is 3.69. The van der Waals surface area contributed by atoms with Gasteiger partial charge in [0.2, 0.25) is 0 Å². The van der Waals surface area contributed by atoms with Gasteiger partial charge >= 0.3 is 11.7 Å². The van der Waals surface area contributed by atoms with Crippen molar-refractivity contribution in [2.24, 2.45) is 14.1 Å². The molecule has 146 valence electrons. The van der Waals surface area contributed by atoms with Crippen LogP contribution >= 0.6 is 11.8 Å². The van der Waals surface area contributed by atoms with Gasteiger partial charge in [-0.05, 0) is 19.4 Å². The standard InChI is InChI=1S/C19H20N4O4S/c1-5-12(18(25)26)28-16-13-15(22(3)19(27)23(4)17(13)24)20-14(21-16)11-8-6-7-10(2)9-11/h6-9,12H,5H2,1-4H3,(H,25,26)/t12-/m1/s1. The van der Waals surface area contributed by atoms with E-state index in [4.69, 9.17) is 0 Å². The van der Waals surface area contributed by atoms with Crippen molar-refractivity contribution in [2.45, 2.75) is 30.5 Å². The molecule has 0 saturated carbocycles. The van der Waals surface area contributed by atoms with Crippen LogP contribution in [0.2, 0.25) is 0 Å². The van der Waals surface area contributed by atoms with E-state index < -0.39 is 22.5 Å². The van der Waals surface area contributed by atoms with Gasteiger partial charge in [-0.1, -0.05) is 42.4 Å². The zero-order chi connectivity index (χ0) is 20.6. The molecular weight excluding hydrogens is 380 g/mol. The van der Waals surface area contributed by atoms with Crippen molar-refractivity contribution < 1.29 is 9.90 Å². The van der Waals surface area contributed by atoms with Crippen LogP contribution in [-0.2, 0) is 18.9 Å². The van der Waals surface area contributed by atoms with Crippen molar-refractivity contribution in [3.63, 3.8) is 0 Å². The number of carboxylic acid groups (broad SMARTS) is 1. The molecule has 0 saturated heterocycles. The Balaban J connectivity index is 2.39. The van der Waals surface area contributed by atoms with E-state index in [0.29, 0.717) is 12.2 Å². The quantitative estimate of drug-likeness (QED) is 0.515. The van der Waals surface area contributed by atoms with Crippen LogP contribution < -0.4 is 11.2 Å². The van der Waals surface area contributed by atoms with Gasteiger partial charge in [0.05, 0.1) is 0 Å². The molecule has 9 heteroatoms. The number of hydrogen-bond acceptors (Lipinski definition) is 6. The summed E-state index contributed by atoms with van der Waals surface area (Å²) in [5.74, 6) is -0.653. The number of hydrogen-bond donors (Lipinski definition) is 1. The molecule has 0 amide bonds. The Kier molecular flexibility index (Phi) is 5.37. The number of aliphatic carboxylic acids is 1. The van der Waals surface area contributed by atoms with Crippen molar-refractivity contribution in [3.8, 4) is 11.4 Å². The zero-order valence-corrected chi connectivity index (χ0v) is 16.8. The van der Waals surface area contributed by atoms with Crippen LogP contribution in [-0.4, -0.2) is 35.4 Å². The van der Waals surface area contributed by atoms with Gasteiger partial charge in [0, 0.05) is 19.7 Å². The van der Waals surface area contributed by atoms with Gasteiger partial charge in [-0.3, -0.25) is 18.7 Å². The Bertz CT molecular complexity index is 1200. The van der Waals surface area contributed by atoms with Crippen LogP contribution in [0.1, 0.15) is 18.9 Å². The van der Waals surface area contributed by atoms with E-state index in [9.17, 15) is 19.5 Å². The van der Waals surface area contributed by atoms with Crippen molar-refractivity contribution in [2.75, 3.05) is 0 Å². The molecule has 3 rings (SSSR count). The Hall–Kier alpha value is -2.94. The van der Waals surface area contributed by atoms with E-state index in [1.165, 1.54) is 18.7 Å². The minimum absolute atomic E-state index is 0.144. The molecular formula is C19H20N4O4S. The second-order valence-corrected chi connectivity index (χ2v) is 7.67. The lowest BCUT2D eigenvalue weighted by Crippen LogP contribution is -2.37. The topological polar surface area (TPSA) is 107 Å². The molecule has 1 N–H and O–H groups in total. The van der Waals surface area contributed by atoms with E-state index in [2.05, 4.69) is 9.97 Å². The molecule has 0 aliphatic heterocycles. The molecule has 0 aliphatic rings. The minimum atomic E-state index is -0.988. The van der Waals surface area contributed by atoms with Crippen LogP contribution in [0, 0.1) is 6.92 Å². The van der Waals surface area contributed by atoms with Crippen molar-refractivity contribution in [1.29, 1.82) is 0 Å². The highest BCUT2D eigenvalue weighted by molar-refractivity contribution is 8.00. The van der Waals surface area contributed by atoms with Crippen LogP contribution in [0.5, 0.6) is 0 Å². The predicted octanol–water partition coefficient (Wildman–Crippen LogP) is 1.96. The number of nitrogens with zero attached hydrogens (tertiary/aromatic N) is 4. The summed E-state index contributed by atoms with van der Waals surface area (Å²) in [4.78, 5) is 45.7. The largest absolute Gasteiger partial charge is 0.480 e. The maximum absolute atomic E-state index is 12.8. The first-order valence-electron chi connectivity index (χ1n) is 8.68. The summed E-state index contributed by atoms with van der Waals surface area (Å²) < 4.78 is 2.26. The first-order valence-corrected chi connectivity index (χ1v) is 9.56. The fraction of sp³-hybridized carbons (Fsp3) is 0.316. The number of thioether (sulfide) groups is 1. The van der Waals surface area contributed by atoms with Gasteiger partial charge in [0.15, 0.2) is 11.5 Å². The molecule has 3 aromatic rings. The van der Waals surface area contributed by atoms with Gasteiger partial charge in [-0.2, -0.15) is 0 Å². The molecule has 0 unspecified atom stereocenters. The number of benzene rings is 1. The summed E-state index contributed by atoms with van der Waals surface area (Å²) >= 11 is 0.997. The first kappa shape index (κ1) is 19.8. The maximum atomic E-state index is 12.8. The lowest BCUT2D eigenvalue weighted by atomic mass is 10.1. The van der Waals surface area contributed by atoms with Gasteiger partial charge < -0.3 is 5.11 Å². The third kappa shape index (κ3) is 3.45. The monoisotopic (exact) mass is 400 g/mol. The number of carboxylic acids is 1. The molecule has 1 aromatic carbocycles. The van der Waals surface area contributed by atoms with Crippen LogP contribution in [0.25, 0.3) is 22.4 Å². The average molecular weight is 400 g/mol. The summed E-state index contributed by atoms with van der Waals surface area (Å²) in [5.41, 5.74) is 0.858. The molecule has 2 aromatic heterocycles. The molecule has 0 spiro atoms. The van der Waals surface area contributed by atoms with E-state index in [1.54, 1.807) is 6.92 Å². The second kappa shape index (κ2) is 7.59. The molecule has 0 fully saturated rings. The number of aryl methyl sites for hydroxylation is 2. The number of fused-ring (bicyclic) bond motifs is 1. The average Bonchev–Trinajstić information content (AvgIpc) is 2.67. The summed E-state index contributed by atoms with van der Waals surface area (Å²) in [6, 6.07) is 7.52. The molecule has 0 radical (unpaired) electrons. The lowest BCUT2D eigenvalue weighted by Gasteiger charge is -2.14. The molecule has 8 nitrogen and oxygen atoms in total. The number of rotatable bonds is 5. The predicted molar refractivity (Wildman–Crippen MR) is 108 cm³/mol. The summed E-state index contributed by atoms with van der Waals surface area (Å²) in [7, 11) is 2.90. The van der Waals surface area contributed by atoms with Gasteiger partial charge in [0.25, 0.3) is 5.56 Å². The lowest BCUT2D eigenvalue weighted by molar-refractivity contribution is -0.136. The van der Waals surface area contributed by atoms with Crippen molar-refractivity contribution >= 4 is 28.8 Å². The van der Waals surface area contributed by atoms with Crippen molar-refractivity contribution in [1.82, 2.24) is 19.1 Å². The Morgan fingerprint density at radius 2 is 1.93 bits per heavy atom. The molecule has 1 atom stereocenters. The van der Waals surface area contributed by atoms with E-state index in [1.807, 2.05) is 31.2 Å². The molecule has 28 heavy (non-hydrogen) atoms. The number of aromatic nitrogens is 4. The highest BCUT2D eigenvalue weighted by Gasteiger charge is 2.23.